The summed E-state index contributed by atoms with van der Waals surface area (Å²) >= 11 is 0. The average molecular weight is 231 g/mol. The Morgan fingerprint density at radius 1 is 1.24 bits per heavy atom. The van der Waals surface area contributed by atoms with Gasteiger partial charge in [-0.1, -0.05) is 0 Å². The van der Waals surface area contributed by atoms with Crippen molar-refractivity contribution in [2.75, 3.05) is 12.3 Å². The number of nitrogen functional groups attached to an aromatic ring is 1. The summed E-state index contributed by atoms with van der Waals surface area (Å²) < 4.78 is 5.34. The standard InChI is InChI=1S/C12H13N3O2/c1-2-17-9-5-3-8(4-6-9)10-7-11(16)15-12(13)14-10/h3-7H,2H2,1H3,(H3,13,14,15,16). The fourth-order valence-corrected chi connectivity index (χ4v) is 1.49. The molecule has 0 aliphatic carbocycles. The molecule has 0 unspecified atom stereocenters. The van der Waals surface area contributed by atoms with E-state index in [4.69, 9.17) is 10.5 Å². The molecule has 3 N–H and O–H groups in total. The zero-order chi connectivity index (χ0) is 12.3. The first-order valence-corrected chi connectivity index (χ1v) is 5.26. The normalized spacial score (nSPS) is 10.2. The molecule has 0 atom stereocenters. The van der Waals surface area contributed by atoms with Gasteiger partial charge in [0.2, 0.25) is 11.8 Å². The van der Waals surface area contributed by atoms with E-state index >= 15 is 0 Å². The van der Waals surface area contributed by atoms with Crippen molar-refractivity contribution in [2.45, 2.75) is 6.92 Å². The quantitative estimate of drug-likeness (QED) is 0.842. The van der Waals surface area contributed by atoms with E-state index in [1.54, 1.807) is 0 Å². The molecule has 2 rings (SSSR count). The highest BCUT2D eigenvalue weighted by Gasteiger charge is 2.04. The summed E-state index contributed by atoms with van der Waals surface area (Å²) in [5.41, 5.74) is 6.89. The van der Waals surface area contributed by atoms with Crippen molar-refractivity contribution < 1.29 is 9.84 Å². The van der Waals surface area contributed by atoms with E-state index < -0.39 is 0 Å². The minimum absolute atomic E-state index is 0.0499. The van der Waals surface area contributed by atoms with E-state index in [1.807, 2.05) is 31.2 Å². The third-order valence-electron chi connectivity index (χ3n) is 2.19. The first-order chi connectivity index (χ1) is 8.19. The maximum atomic E-state index is 9.34. The summed E-state index contributed by atoms with van der Waals surface area (Å²) in [5.74, 6) is 0.706. The lowest BCUT2D eigenvalue weighted by Crippen LogP contribution is -1.96. The lowest BCUT2D eigenvalue weighted by atomic mass is 10.1. The fraction of sp³-hybridized carbons (Fsp3) is 0.167. The molecule has 0 amide bonds. The summed E-state index contributed by atoms with van der Waals surface area (Å²) in [6, 6.07) is 8.85. The van der Waals surface area contributed by atoms with Gasteiger partial charge in [0.25, 0.3) is 0 Å². The van der Waals surface area contributed by atoms with Crippen LogP contribution in [0.3, 0.4) is 0 Å². The lowest BCUT2D eigenvalue weighted by molar-refractivity contribution is 0.340. The summed E-state index contributed by atoms with van der Waals surface area (Å²) in [6.45, 7) is 2.55. The Hall–Kier alpha value is -2.30. The largest absolute Gasteiger partial charge is 0.494 e. The number of anilines is 1. The predicted octanol–water partition coefficient (Wildman–Crippen LogP) is 1.83. The molecular weight excluding hydrogens is 218 g/mol. The van der Waals surface area contributed by atoms with Gasteiger partial charge < -0.3 is 15.6 Å². The molecule has 0 bridgehead atoms. The summed E-state index contributed by atoms with van der Waals surface area (Å²) in [7, 11) is 0. The van der Waals surface area contributed by atoms with Crippen LogP contribution in [0.15, 0.2) is 30.3 Å². The van der Waals surface area contributed by atoms with Crippen molar-refractivity contribution in [1.82, 2.24) is 9.97 Å². The number of hydrogen-bond donors (Lipinski definition) is 2. The van der Waals surface area contributed by atoms with Crippen LogP contribution in [-0.4, -0.2) is 21.7 Å². The van der Waals surface area contributed by atoms with Gasteiger partial charge in [0.1, 0.15) is 5.75 Å². The van der Waals surface area contributed by atoms with E-state index in [9.17, 15) is 5.11 Å². The van der Waals surface area contributed by atoms with E-state index in [1.165, 1.54) is 6.07 Å². The van der Waals surface area contributed by atoms with Crippen LogP contribution in [0.1, 0.15) is 6.92 Å². The Kier molecular flexibility index (Phi) is 3.09. The molecule has 1 aromatic carbocycles. The number of aromatic nitrogens is 2. The monoisotopic (exact) mass is 231 g/mol. The molecule has 1 heterocycles. The number of ether oxygens (including phenoxy) is 1. The Morgan fingerprint density at radius 2 is 1.94 bits per heavy atom. The van der Waals surface area contributed by atoms with Crippen molar-refractivity contribution in [3.8, 4) is 22.9 Å². The van der Waals surface area contributed by atoms with Crippen LogP contribution in [0.2, 0.25) is 0 Å². The fourth-order valence-electron chi connectivity index (χ4n) is 1.49. The van der Waals surface area contributed by atoms with Crippen LogP contribution < -0.4 is 10.5 Å². The Labute approximate surface area is 98.9 Å². The number of nitrogens with zero attached hydrogens (tertiary/aromatic N) is 2. The molecule has 5 heteroatoms. The topological polar surface area (TPSA) is 81.3 Å². The van der Waals surface area contributed by atoms with Crippen molar-refractivity contribution >= 4 is 5.95 Å². The van der Waals surface area contributed by atoms with Gasteiger partial charge in [0, 0.05) is 11.6 Å². The van der Waals surface area contributed by atoms with Gasteiger partial charge in [0.05, 0.1) is 12.3 Å². The van der Waals surface area contributed by atoms with E-state index in [2.05, 4.69) is 9.97 Å². The van der Waals surface area contributed by atoms with Crippen molar-refractivity contribution in [1.29, 1.82) is 0 Å². The molecule has 0 fully saturated rings. The summed E-state index contributed by atoms with van der Waals surface area (Å²) in [4.78, 5) is 7.65. The molecule has 0 spiro atoms. The maximum Gasteiger partial charge on any atom is 0.223 e. The van der Waals surface area contributed by atoms with Gasteiger partial charge in [-0.2, -0.15) is 4.98 Å². The number of nitrogens with two attached hydrogens (primary N) is 1. The van der Waals surface area contributed by atoms with Gasteiger partial charge in [0.15, 0.2) is 0 Å². The van der Waals surface area contributed by atoms with E-state index in [-0.39, 0.29) is 11.8 Å². The second-order valence-corrected chi connectivity index (χ2v) is 3.43. The van der Waals surface area contributed by atoms with E-state index in [0.717, 1.165) is 11.3 Å². The molecule has 2 aromatic rings. The number of benzene rings is 1. The van der Waals surface area contributed by atoms with Crippen LogP contribution in [0.4, 0.5) is 5.95 Å². The van der Waals surface area contributed by atoms with Gasteiger partial charge in [-0.25, -0.2) is 4.98 Å². The number of rotatable bonds is 3. The molecule has 0 radical (unpaired) electrons. The summed E-state index contributed by atoms with van der Waals surface area (Å²) in [5, 5.41) is 9.34. The van der Waals surface area contributed by atoms with Crippen LogP contribution in [-0.2, 0) is 0 Å². The lowest BCUT2D eigenvalue weighted by Gasteiger charge is -2.05. The zero-order valence-corrected chi connectivity index (χ0v) is 9.42. The average Bonchev–Trinajstić information content (AvgIpc) is 2.29. The van der Waals surface area contributed by atoms with Gasteiger partial charge in [-0.15, -0.1) is 0 Å². The molecule has 0 aliphatic rings. The Bertz CT molecular complexity index is 491. The SMILES string of the molecule is CCOc1ccc(-c2cc(O)nc(N)n2)cc1. The molecule has 0 saturated carbocycles. The van der Waals surface area contributed by atoms with Crippen LogP contribution in [0.5, 0.6) is 11.6 Å². The maximum absolute atomic E-state index is 9.34. The van der Waals surface area contributed by atoms with Crippen molar-refractivity contribution in [3.63, 3.8) is 0 Å². The zero-order valence-electron chi connectivity index (χ0n) is 9.42. The van der Waals surface area contributed by atoms with Crippen LogP contribution in [0, 0.1) is 0 Å². The summed E-state index contributed by atoms with van der Waals surface area (Å²) in [6.07, 6.45) is 0. The molecule has 17 heavy (non-hydrogen) atoms. The number of aromatic hydroxyl groups is 1. The van der Waals surface area contributed by atoms with Crippen molar-refractivity contribution in [2.24, 2.45) is 0 Å². The molecule has 1 aromatic heterocycles. The second-order valence-electron chi connectivity index (χ2n) is 3.43. The molecule has 88 valence electrons. The van der Waals surface area contributed by atoms with Gasteiger partial charge in [-0.05, 0) is 31.2 Å². The molecule has 5 nitrogen and oxygen atoms in total. The van der Waals surface area contributed by atoms with Crippen LogP contribution >= 0.6 is 0 Å². The highest BCUT2D eigenvalue weighted by Crippen LogP contribution is 2.23. The smallest absolute Gasteiger partial charge is 0.223 e. The third kappa shape index (κ3) is 2.63. The second kappa shape index (κ2) is 4.69. The number of hydrogen-bond acceptors (Lipinski definition) is 5. The molecule has 0 aliphatic heterocycles. The minimum Gasteiger partial charge on any atom is -0.494 e. The van der Waals surface area contributed by atoms with Crippen molar-refractivity contribution in [3.05, 3.63) is 30.3 Å². The predicted molar refractivity (Wildman–Crippen MR) is 64.7 cm³/mol. The third-order valence-corrected chi connectivity index (χ3v) is 2.19. The van der Waals surface area contributed by atoms with Crippen LogP contribution in [0.25, 0.3) is 11.3 Å². The Morgan fingerprint density at radius 3 is 2.53 bits per heavy atom. The highest BCUT2D eigenvalue weighted by molar-refractivity contribution is 5.62. The highest BCUT2D eigenvalue weighted by atomic mass is 16.5. The van der Waals surface area contributed by atoms with Gasteiger partial charge in [-0.3, -0.25) is 0 Å². The molecular formula is C12H13N3O2. The molecule has 0 saturated heterocycles. The minimum atomic E-state index is -0.138. The van der Waals surface area contributed by atoms with E-state index in [0.29, 0.717) is 12.3 Å². The Balaban J connectivity index is 2.32. The van der Waals surface area contributed by atoms with Gasteiger partial charge >= 0.3 is 0 Å². The first-order valence-electron chi connectivity index (χ1n) is 5.26. The first kappa shape index (κ1) is 11.2.